The number of benzene rings is 1. The molecular formula is C21H28N4O7S. The molecule has 11 nitrogen and oxygen atoms in total. The third kappa shape index (κ3) is 4.76. The van der Waals surface area contributed by atoms with Crippen LogP contribution in [-0.4, -0.2) is 99.5 Å². The van der Waals surface area contributed by atoms with Gasteiger partial charge in [0.1, 0.15) is 12.3 Å². The fourth-order valence-corrected chi connectivity index (χ4v) is 5.72. The molecule has 0 bridgehead atoms. The summed E-state index contributed by atoms with van der Waals surface area (Å²) in [6, 6.07) is 4.41. The second-order valence-corrected chi connectivity index (χ2v) is 10.0. The summed E-state index contributed by atoms with van der Waals surface area (Å²) in [7, 11) is -3.69. The first kappa shape index (κ1) is 23.3. The van der Waals surface area contributed by atoms with Crippen molar-refractivity contribution in [3.63, 3.8) is 0 Å². The van der Waals surface area contributed by atoms with Gasteiger partial charge in [0.2, 0.25) is 15.9 Å². The molecule has 4 rings (SSSR count). The number of piperazine rings is 1. The molecule has 2 fully saturated rings. The van der Waals surface area contributed by atoms with Crippen molar-refractivity contribution in [2.24, 2.45) is 0 Å². The number of fused-ring (bicyclic) bond motifs is 1. The van der Waals surface area contributed by atoms with Gasteiger partial charge in [0.15, 0.2) is 6.61 Å². The molecule has 0 saturated carbocycles. The number of hydrogen-bond acceptors (Lipinski definition) is 7. The minimum atomic E-state index is -3.69. The van der Waals surface area contributed by atoms with Crippen molar-refractivity contribution >= 4 is 33.6 Å². The lowest BCUT2D eigenvalue weighted by Crippen LogP contribution is -2.54. The Kier molecular flexibility index (Phi) is 6.75. The van der Waals surface area contributed by atoms with Crippen molar-refractivity contribution < 1.29 is 32.3 Å². The van der Waals surface area contributed by atoms with Crippen LogP contribution >= 0.6 is 0 Å². The Bertz CT molecular complexity index is 1030. The summed E-state index contributed by atoms with van der Waals surface area (Å²) in [6.45, 7) is 3.83. The second kappa shape index (κ2) is 9.56. The zero-order valence-corrected chi connectivity index (χ0v) is 19.4. The highest BCUT2D eigenvalue weighted by Gasteiger charge is 2.33. The molecule has 1 aromatic carbocycles. The van der Waals surface area contributed by atoms with E-state index in [1.165, 1.54) is 32.3 Å². The van der Waals surface area contributed by atoms with Crippen molar-refractivity contribution in [2.45, 2.75) is 24.7 Å². The molecule has 0 radical (unpaired) electrons. The number of rotatable bonds is 5. The SMILES string of the molecule is CCOC(=O)N1CCN(C(=O)CN2C(=O)COc3ccc(S(=O)(=O)N4CCCC4)cc32)CC1. The van der Waals surface area contributed by atoms with Gasteiger partial charge < -0.3 is 19.3 Å². The van der Waals surface area contributed by atoms with Crippen molar-refractivity contribution in [1.82, 2.24) is 14.1 Å². The molecular weight excluding hydrogens is 452 g/mol. The quantitative estimate of drug-likeness (QED) is 0.602. The van der Waals surface area contributed by atoms with Crippen LogP contribution in [-0.2, 0) is 24.3 Å². The van der Waals surface area contributed by atoms with Crippen LogP contribution in [0, 0.1) is 0 Å². The summed E-state index contributed by atoms with van der Waals surface area (Å²) in [5, 5.41) is 0. The molecule has 3 amide bonds. The molecule has 0 unspecified atom stereocenters. The van der Waals surface area contributed by atoms with Crippen LogP contribution in [0.2, 0.25) is 0 Å². The van der Waals surface area contributed by atoms with Crippen molar-refractivity contribution in [1.29, 1.82) is 0 Å². The number of sulfonamides is 1. The van der Waals surface area contributed by atoms with Gasteiger partial charge in [0.25, 0.3) is 5.91 Å². The summed E-state index contributed by atoms with van der Waals surface area (Å²) in [5.41, 5.74) is 0.269. The smallest absolute Gasteiger partial charge is 0.409 e. The maximum Gasteiger partial charge on any atom is 0.409 e. The zero-order chi connectivity index (χ0) is 23.6. The molecule has 0 N–H and O–H groups in total. The maximum absolute atomic E-state index is 13.0. The predicted octanol–water partition coefficient (Wildman–Crippen LogP) is 0.497. The molecule has 180 valence electrons. The fraction of sp³-hybridized carbons (Fsp3) is 0.571. The van der Waals surface area contributed by atoms with Gasteiger partial charge in [-0.05, 0) is 38.0 Å². The van der Waals surface area contributed by atoms with Gasteiger partial charge in [0, 0.05) is 39.3 Å². The highest BCUT2D eigenvalue weighted by molar-refractivity contribution is 7.89. The second-order valence-electron chi connectivity index (χ2n) is 8.08. The van der Waals surface area contributed by atoms with Crippen molar-refractivity contribution in [2.75, 3.05) is 63.9 Å². The van der Waals surface area contributed by atoms with Gasteiger partial charge in [-0.15, -0.1) is 0 Å². The molecule has 1 aromatic rings. The number of ether oxygens (including phenoxy) is 2. The fourth-order valence-electron chi connectivity index (χ4n) is 4.18. The number of hydrogen-bond donors (Lipinski definition) is 0. The number of carbonyl (C=O) groups excluding carboxylic acids is 3. The minimum absolute atomic E-state index is 0.0712. The third-order valence-corrected chi connectivity index (χ3v) is 7.92. The average Bonchev–Trinajstić information content (AvgIpc) is 3.37. The van der Waals surface area contributed by atoms with E-state index in [2.05, 4.69) is 0 Å². The van der Waals surface area contributed by atoms with Gasteiger partial charge in [-0.25, -0.2) is 13.2 Å². The Morgan fingerprint density at radius 1 is 1.03 bits per heavy atom. The monoisotopic (exact) mass is 480 g/mol. The van der Waals surface area contributed by atoms with Crippen LogP contribution in [0.25, 0.3) is 0 Å². The molecule has 0 aliphatic carbocycles. The first-order chi connectivity index (χ1) is 15.8. The van der Waals surface area contributed by atoms with Crippen LogP contribution in [0.3, 0.4) is 0 Å². The molecule has 3 aliphatic rings. The molecule has 0 spiro atoms. The standard InChI is InChI=1S/C21H28N4O7S/c1-2-31-21(28)23-11-9-22(10-12-23)19(26)14-25-17-13-16(5-6-18(17)32-15-20(25)27)33(29,30)24-7-3-4-8-24/h5-6,13H,2-4,7-12,14-15H2,1H3. The number of amides is 3. The van der Waals surface area contributed by atoms with Gasteiger partial charge in [0.05, 0.1) is 17.2 Å². The summed E-state index contributed by atoms with van der Waals surface area (Å²) >= 11 is 0. The van der Waals surface area contributed by atoms with Gasteiger partial charge in [-0.2, -0.15) is 4.31 Å². The minimum Gasteiger partial charge on any atom is -0.482 e. The van der Waals surface area contributed by atoms with Crippen LogP contribution < -0.4 is 9.64 Å². The Morgan fingerprint density at radius 2 is 1.70 bits per heavy atom. The van der Waals surface area contributed by atoms with Crippen LogP contribution in [0.1, 0.15) is 19.8 Å². The van der Waals surface area contributed by atoms with Gasteiger partial charge in [-0.3, -0.25) is 14.5 Å². The molecule has 12 heteroatoms. The Hall–Kier alpha value is -2.86. The molecule has 0 atom stereocenters. The molecule has 3 aliphatic heterocycles. The first-order valence-corrected chi connectivity index (χ1v) is 12.5. The predicted molar refractivity (Wildman–Crippen MR) is 117 cm³/mol. The number of carbonyl (C=O) groups is 3. The maximum atomic E-state index is 13.0. The van der Waals surface area contributed by atoms with Crippen molar-refractivity contribution in [3.05, 3.63) is 18.2 Å². The summed E-state index contributed by atoms with van der Waals surface area (Å²) in [4.78, 5) is 41.9. The molecule has 33 heavy (non-hydrogen) atoms. The molecule has 3 heterocycles. The lowest BCUT2D eigenvalue weighted by molar-refractivity contribution is -0.133. The van der Waals surface area contributed by atoms with Crippen LogP contribution in [0.15, 0.2) is 23.1 Å². The van der Waals surface area contributed by atoms with E-state index < -0.39 is 22.0 Å². The van der Waals surface area contributed by atoms with Crippen molar-refractivity contribution in [3.8, 4) is 5.75 Å². The average molecular weight is 481 g/mol. The Labute approximate surface area is 192 Å². The van der Waals surface area contributed by atoms with E-state index in [9.17, 15) is 22.8 Å². The topological polar surface area (TPSA) is 117 Å². The normalized spacial score (nSPS) is 19.3. The first-order valence-electron chi connectivity index (χ1n) is 11.1. The number of anilines is 1. The van der Waals surface area contributed by atoms with E-state index >= 15 is 0 Å². The Morgan fingerprint density at radius 3 is 2.36 bits per heavy atom. The molecule has 0 aromatic heterocycles. The van der Waals surface area contributed by atoms with Crippen LogP contribution in [0.5, 0.6) is 5.75 Å². The summed E-state index contributed by atoms with van der Waals surface area (Å²) in [5.74, 6) is -0.348. The van der Waals surface area contributed by atoms with Crippen LogP contribution in [0.4, 0.5) is 10.5 Å². The summed E-state index contributed by atoms with van der Waals surface area (Å²) < 4.78 is 37.8. The van der Waals surface area contributed by atoms with Gasteiger partial charge in [-0.1, -0.05) is 0 Å². The van der Waals surface area contributed by atoms with E-state index in [1.54, 1.807) is 11.8 Å². The highest BCUT2D eigenvalue weighted by atomic mass is 32.2. The largest absolute Gasteiger partial charge is 0.482 e. The van der Waals surface area contributed by atoms with E-state index in [4.69, 9.17) is 9.47 Å². The van der Waals surface area contributed by atoms with E-state index in [0.717, 1.165) is 12.8 Å². The van der Waals surface area contributed by atoms with E-state index in [0.29, 0.717) is 45.0 Å². The zero-order valence-electron chi connectivity index (χ0n) is 18.6. The molecule has 2 saturated heterocycles. The highest BCUT2D eigenvalue weighted by Crippen LogP contribution is 2.35. The Balaban J connectivity index is 1.48. The lowest BCUT2D eigenvalue weighted by Gasteiger charge is -2.36. The third-order valence-electron chi connectivity index (χ3n) is 6.03. The van der Waals surface area contributed by atoms with E-state index in [-0.39, 0.29) is 36.2 Å². The lowest BCUT2D eigenvalue weighted by atomic mass is 10.2. The van der Waals surface area contributed by atoms with E-state index in [1.807, 2.05) is 0 Å². The number of nitrogens with zero attached hydrogens (tertiary/aromatic N) is 4. The summed E-state index contributed by atoms with van der Waals surface area (Å²) in [6.07, 6.45) is 1.22. The van der Waals surface area contributed by atoms with Gasteiger partial charge >= 0.3 is 6.09 Å².